The van der Waals surface area contributed by atoms with Crippen molar-refractivity contribution in [1.82, 2.24) is 4.98 Å². The summed E-state index contributed by atoms with van der Waals surface area (Å²) in [6.45, 7) is 2.05. The lowest BCUT2D eigenvalue weighted by Crippen LogP contribution is -2.13. The molecular formula is C22H21N3O3. The van der Waals surface area contributed by atoms with Crippen LogP contribution in [0.25, 0.3) is 0 Å². The third kappa shape index (κ3) is 4.73. The van der Waals surface area contributed by atoms with E-state index in [0.717, 1.165) is 17.0 Å². The fourth-order valence-electron chi connectivity index (χ4n) is 2.70. The Morgan fingerprint density at radius 2 is 1.71 bits per heavy atom. The molecule has 0 bridgehead atoms. The van der Waals surface area contributed by atoms with Gasteiger partial charge in [-0.1, -0.05) is 18.2 Å². The second kappa shape index (κ2) is 8.81. The summed E-state index contributed by atoms with van der Waals surface area (Å²) in [4.78, 5) is 28.0. The van der Waals surface area contributed by atoms with Crippen molar-refractivity contribution in [2.75, 3.05) is 17.7 Å². The van der Waals surface area contributed by atoms with Gasteiger partial charge in [0.15, 0.2) is 5.78 Å². The molecule has 0 unspecified atom stereocenters. The number of pyridine rings is 1. The topological polar surface area (TPSA) is 80.3 Å². The first-order valence-corrected chi connectivity index (χ1v) is 8.80. The molecule has 0 saturated carbocycles. The van der Waals surface area contributed by atoms with Gasteiger partial charge in [-0.25, -0.2) is 0 Å². The van der Waals surface area contributed by atoms with E-state index in [1.54, 1.807) is 43.6 Å². The fraction of sp³-hybridized carbons (Fsp3) is 0.136. The number of benzene rings is 2. The first kappa shape index (κ1) is 19.1. The Hall–Kier alpha value is -3.67. The number of ketones is 1. The Balaban J connectivity index is 1.66. The van der Waals surface area contributed by atoms with E-state index in [-0.39, 0.29) is 11.7 Å². The number of nitrogens with one attached hydrogen (secondary N) is 2. The van der Waals surface area contributed by atoms with Crippen LogP contribution in [-0.2, 0) is 6.54 Å². The van der Waals surface area contributed by atoms with Gasteiger partial charge in [0, 0.05) is 35.8 Å². The van der Waals surface area contributed by atoms with E-state index in [1.165, 1.54) is 13.1 Å². The Labute approximate surface area is 163 Å². The predicted octanol–water partition coefficient (Wildman–Crippen LogP) is 4.16. The molecule has 2 aromatic carbocycles. The predicted molar refractivity (Wildman–Crippen MR) is 109 cm³/mol. The quantitative estimate of drug-likeness (QED) is 0.606. The summed E-state index contributed by atoms with van der Waals surface area (Å²) in [7, 11) is 1.63. The third-order valence-electron chi connectivity index (χ3n) is 4.23. The summed E-state index contributed by atoms with van der Waals surface area (Å²) in [5.74, 6) is 0.505. The number of hydrogen-bond donors (Lipinski definition) is 2. The first-order valence-electron chi connectivity index (χ1n) is 8.80. The second-order valence-corrected chi connectivity index (χ2v) is 6.22. The second-order valence-electron chi connectivity index (χ2n) is 6.22. The van der Waals surface area contributed by atoms with Crippen molar-refractivity contribution in [3.63, 3.8) is 0 Å². The molecule has 6 nitrogen and oxygen atoms in total. The van der Waals surface area contributed by atoms with Crippen LogP contribution in [0.4, 0.5) is 11.4 Å². The summed E-state index contributed by atoms with van der Waals surface area (Å²) in [6, 6.07) is 16.2. The van der Waals surface area contributed by atoms with Gasteiger partial charge < -0.3 is 15.4 Å². The number of ether oxygens (including phenoxy) is 1. The summed E-state index contributed by atoms with van der Waals surface area (Å²) >= 11 is 0. The molecule has 3 rings (SSSR count). The van der Waals surface area contributed by atoms with E-state index >= 15 is 0 Å². The average molecular weight is 375 g/mol. The summed E-state index contributed by atoms with van der Waals surface area (Å²) in [5, 5.41) is 6.06. The maximum Gasteiger partial charge on any atom is 0.257 e. The SMILES string of the molecule is COc1ccccc1CNc1cncc(C(=O)Nc2ccc(C(C)=O)cc2)c1. The summed E-state index contributed by atoms with van der Waals surface area (Å²) < 4.78 is 5.34. The number of carbonyl (C=O) groups is 2. The number of amides is 1. The molecule has 3 aromatic rings. The minimum absolute atomic E-state index is 0.0177. The molecule has 28 heavy (non-hydrogen) atoms. The molecule has 0 aliphatic carbocycles. The number of para-hydroxylation sites is 1. The molecule has 1 heterocycles. The molecule has 6 heteroatoms. The summed E-state index contributed by atoms with van der Waals surface area (Å²) in [5.41, 5.74) is 3.38. The van der Waals surface area contributed by atoms with Crippen molar-refractivity contribution in [1.29, 1.82) is 0 Å². The van der Waals surface area contributed by atoms with Crippen LogP contribution in [0.1, 0.15) is 33.2 Å². The minimum Gasteiger partial charge on any atom is -0.496 e. The lowest BCUT2D eigenvalue weighted by atomic mass is 10.1. The number of rotatable bonds is 7. The molecule has 0 atom stereocenters. The lowest BCUT2D eigenvalue weighted by Gasteiger charge is -2.11. The fourth-order valence-corrected chi connectivity index (χ4v) is 2.70. The first-order chi connectivity index (χ1) is 13.6. The number of carbonyl (C=O) groups excluding carboxylic acids is 2. The lowest BCUT2D eigenvalue weighted by molar-refractivity contribution is 0.101. The number of nitrogens with zero attached hydrogens (tertiary/aromatic N) is 1. The van der Waals surface area contributed by atoms with Gasteiger partial charge in [0.25, 0.3) is 5.91 Å². The van der Waals surface area contributed by atoms with Crippen molar-refractivity contribution < 1.29 is 14.3 Å². The highest BCUT2D eigenvalue weighted by molar-refractivity contribution is 6.04. The maximum atomic E-state index is 12.5. The minimum atomic E-state index is -0.274. The van der Waals surface area contributed by atoms with Crippen molar-refractivity contribution in [2.45, 2.75) is 13.5 Å². The highest BCUT2D eigenvalue weighted by atomic mass is 16.5. The molecule has 0 saturated heterocycles. The summed E-state index contributed by atoms with van der Waals surface area (Å²) in [6.07, 6.45) is 3.17. The van der Waals surface area contributed by atoms with E-state index in [9.17, 15) is 9.59 Å². The Bertz CT molecular complexity index is 984. The molecule has 0 aliphatic heterocycles. The van der Waals surface area contributed by atoms with Gasteiger partial charge in [-0.3, -0.25) is 14.6 Å². The molecule has 2 N–H and O–H groups in total. The smallest absolute Gasteiger partial charge is 0.257 e. The van der Waals surface area contributed by atoms with Crippen molar-refractivity contribution in [3.05, 3.63) is 83.7 Å². The van der Waals surface area contributed by atoms with Crippen molar-refractivity contribution in [2.24, 2.45) is 0 Å². The normalized spacial score (nSPS) is 10.2. The van der Waals surface area contributed by atoms with Crippen LogP contribution in [0.5, 0.6) is 5.75 Å². The Kier molecular flexibility index (Phi) is 6.01. The molecule has 0 radical (unpaired) electrons. The van der Waals surface area contributed by atoms with Crippen LogP contribution in [0.3, 0.4) is 0 Å². The highest BCUT2D eigenvalue weighted by Crippen LogP contribution is 2.19. The Morgan fingerprint density at radius 3 is 2.43 bits per heavy atom. The maximum absolute atomic E-state index is 12.5. The molecule has 0 spiro atoms. The van der Waals surface area contributed by atoms with Gasteiger partial charge in [-0.05, 0) is 43.3 Å². The van der Waals surface area contributed by atoms with Crippen LogP contribution < -0.4 is 15.4 Å². The van der Waals surface area contributed by atoms with E-state index in [0.29, 0.717) is 23.4 Å². The third-order valence-corrected chi connectivity index (χ3v) is 4.23. The monoisotopic (exact) mass is 375 g/mol. The van der Waals surface area contributed by atoms with Crippen molar-refractivity contribution in [3.8, 4) is 5.75 Å². The van der Waals surface area contributed by atoms with Gasteiger partial charge in [0.05, 0.1) is 18.4 Å². The van der Waals surface area contributed by atoms with Crippen LogP contribution in [-0.4, -0.2) is 23.8 Å². The van der Waals surface area contributed by atoms with Crippen LogP contribution in [0.15, 0.2) is 67.0 Å². The van der Waals surface area contributed by atoms with E-state index in [2.05, 4.69) is 15.6 Å². The molecule has 142 valence electrons. The number of hydrogen-bond acceptors (Lipinski definition) is 5. The van der Waals surface area contributed by atoms with Crippen LogP contribution in [0, 0.1) is 0 Å². The zero-order valence-corrected chi connectivity index (χ0v) is 15.7. The standard InChI is InChI=1S/C22H21N3O3/c1-15(26)16-7-9-19(10-8-16)25-22(27)18-11-20(14-23-12-18)24-13-17-5-3-4-6-21(17)28-2/h3-12,14,24H,13H2,1-2H3,(H,25,27). The van der Waals surface area contributed by atoms with Crippen molar-refractivity contribution >= 4 is 23.1 Å². The van der Waals surface area contributed by atoms with Gasteiger partial charge in [0.1, 0.15) is 5.75 Å². The van der Waals surface area contributed by atoms with Crippen LogP contribution in [0.2, 0.25) is 0 Å². The van der Waals surface area contributed by atoms with Gasteiger partial charge in [0.2, 0.25) is 0 Å². The zero-order chi connectivity index (χ0) is 19.9. The van der Waals surface area contributed by atoms with E-state index in [1.807, 2.05) is 24.3 Å². The highest BCUT2D eigenvalue weighted by Gasteiger charge is 2.09. The van der Waals surface area contributed by atoms with E-state index in [4.69, 9.17) is 4.74 Å². The van der Waals surface area contributed by atoms with Gasteiger partial charge in [-0.15, -0.1) is 0 Å². The molecule has 1 aromatic heterocycles. The molecule has 1 amide bonds. The average Bonchev–Trinajstić information content (AvgIpc) is 2.73. The Morgan fingerprint density at radius 1 is 0.964 bits per heavy atom. The molecule has 0 fully saturated rings. The van der Waals surface area contributed by atoms with E-state index < -0.39 is 0 Å². The zero-order valence-electron chi connectivity index (χ0n) is 15.7. The largest absolute Gasteiger partial charge is 0.496 e. The molecule has 0 aliphatic rings. The number of anilines is 2. The van der Waals surface area contributed by atoms with Crippen LogP contribution >= 0.6 is 0 Å². The number of methoxy groups -OCH3 is 1. The van der Waals surface area contributed by atoms with Gasteiger partial charge >= 0.3 is 0 Å². The van der Waals surface area contributed by atoms with Gasteiger partial charge in [-0.2, -0.15) is 0 Å². The number of Topliss-reactive ketones (excluding diaryl/α,β-unsaturated/α-hetero) is 1. The number of aromatic nitrogens is 1. The molecular weight excluding hydrogens is 354 g/mol.